The molecule has 1 amide bonds. The molecule has 5 heteroatoms. The minimum absolute atomic E-state index is 0.0171. The van der Waals surface area contributed by atoms with Crippen LogP contribution in [0.2, 0.25) is 10.0 Å². The van der Waals surface area contributed by atoms with E-state index >= 15 is 0 Å². The Kier molecular flexibility index (Phi) is 5.45. The Hall–Kier alpha value is -0.770. The lowest BCUT2D eigenvalue weighted by Gasteiger charge is -2.27. The molecule has 3 nitrogen and oxygen atoms in total. The molecule has 0 unspecified atom stereocenters. The summed E-state index contributed by atoms with van der Waals surface area (Å²) in [6, 6.07) is 5.36. The maximum absolute atomic E-state index is 11.7. The van der Waals surface area contributed by atoms with Gasteiger partial charge in [-0.05, 0) is 44.5 Å². The number of carbonyl (C=O) groups excluding carboxylic acids is 1. The molecule has 0 aromatic heterocycles. The van der Waals surface area contributed by atoms with Gasteiger partial charge in [0.05, 0.1) is 15.6 Å². The van der Waals surface area contributed by atoms with Gasteiger partial charge < -0.3 is 11.1 Å². The summed E-state index contributed by atoms with van der Waals surface area (Å²) >= 11 is 11.9. The summed E-state index contributed by atoms with van der Waals surface area (Å²) in [4.78, 5) is 11.7. The number of hydrogen-bond acceptors (Lipinski definition) is 2. The van der Waals surface area contributed by atoms with E-state index in [1.54, 1.807) is 12.1 Å². The summed E-state index contributed by atoms with van der Waals surface area (Å²) in [5, 5.41) is 3.95. The summed E-state index contributed by atoms with van der Waals surface area (Å²) < 4.78 is 0. The van der Waals surface area contributed by atoms with Crippen LogP contribution in [0.15, 0.2) is 18.2 Å². The van der Waals surface area contributed by atoms with Crippen molar-refractivity contribution in [2.45, 2.75) is 32.2 Å². The van der Waals surface area contributed by atoms with Gasteiger partial charge in [0.15, 0.2) is 0 Å². The fourth-order valence-corrected chi connectivity index (χ4v) is 1.93. The van der Waals surface area contributed by atoms with Crippen molar-refractivity contribution in [3.8, 4) is 0 Å². The molecule has 18 heavy (non-hydrogen) atoms. The summed E-state index contributed by atoms with van der Waals surface area (Å²) in [5.74, 6) is -0.0171. The van der Waals surface area contributed by atoms with Crippen LogP contribution < -0.4 is 11.1 Å². The van der Waals surface area contributed by atoms with Crippen molar-refractivity contribution in [3.05, 3.63) is 33.8 Å². The minimum atomic E-state index is -0.486. The van der Waals surface area contributed by atoms with E-state index in [9.17, 15) is 4.79 Å². The highest BCUT2D eigenvalue weighted by Crippen LogP contribution is 2.28. The van der Waals surface area contributed by atoms with Gasteiger partial charge in [-0.1, -0.05) is 29.3 Å². The van der Waals surface area contributed by atoms with Gasteiger partial charge in [-0.25, -0.2) is 0 Å². The number of carbonyl (C=O) groups is 1. The molecule has 0 atom stereocenters. The zero-order valence-corrected chi connectivity index (χ0v) is 12.1. The largest absolute Gasteiger partial charge is 0.347 e. The lowest BCUT2D eigenvalue weighted by Crippen LogP contribution is -2.41. The van der Waals surface area contributed by atoms with Crippen molar-refractivity contribution in [1.82, 2.24) is 5.32 Å². The van der Waals surface area contributed by atoms with E-state index in [1.807, 2.05) is 19.9 Å². The third-order valence-electron chi connectivity index (χ3n) is 2.70. The number of benzene rings is 1. The topological polar surface area (TPSA) is 55.1 Å². The molecule has 0 aliphatic heterocycles. The molecule has 0 saturated carbocycles. The van der Waals surface area contributed by atoms with Gasteiger partial charge in [-0.2, -0.15) is 0 Å². The van der Waals surface area contributed by atoms with Crippen molar-refractivity contribution in [2.75, 3.05) is 6.54 Å². The molecule has 0 aliphatic carbocycles. The maximum Gasteiger partial charge on any atom is 0.220 e. The van der Waals surface area contributed by atoms with Crippen LogP contribution >= 0.6 is 23.2 Å². The van der Waals surface area contributed by atoms with E-state index in [-0.39, 0.29) is 5.91 Å². The summed E-state index contributed by atoms with van der Waals surface area (Å²) in [6.07, 6.45) is 1.12. The molecule has 3 N–H and O–H groups in total. The van der Waals surface area contributed by atoms with E-state index in [2.05, 4.69) is 5.32 Å². The highest BCUT2D eigenvalue weighted by atomic mass is 35.5. The smallest absolute Gasteiger partial charge is 0.220 e. The van der Waals surface area contributed by atoms with Crippen LogP contribution in [-0.2, 0) is 10.3 Å². The Morgan fingerprint density at radius 2 is 2.00 bits per heavy atom. The molecule has 0 bridgehead atoms. The number of halogens is 2. The van der Waals surface area contributed by atoms with E-state index in [0.717, 1.165) is 5.56 Å². The third kappa shape index (κ3) is 4.16. The molecule has 0 aliphatic rings. The van der Waals surface area contributed by atoms with Gasteiger partial charge in [0.1, 0.15) is 0 Å². The predicted molar refractivity (Wildman–Crippen MR) is 75.9 cm³/mol. The number of hydrogen-bond donors (Lipinski definition) is 2. The summed E-state index contributed by atoms with van der Waals surface area (Å²) in [6.45, 7) is 4.36. The van der Waals surface area contributed by atoms with Crippen LogP contribution in [0.1, 0.15) is 32.3 Å². The molecule has 1 aromatic rings. The molecule has 1 aromatic carbocycles. The summed E-state index contributed by atoms with van der Waals surface area (Å²) in [7, 11) is 0. The second-order valence-corrected chi connectivity index (χ2v) is 5.51. The monoisotopic (exact) mass is 288 g/mol. The number of rotatable bonds is 5. The Morgan fingerprint density at radius 3 is 2.56 bits per heavy atom. The molecule has 0 spiro atoms. The predicted octanol–water partition coefficient (Wildman–Crippen LogP) is 3.08. The van der Waals surface area contributed by atoms with Crippen molar-refractivity contribution in [3.63, 3.8) is 0 Å². The van der Waals surface area contributed by atoms with Gasteiger partial charge in [0.2, 0.25) is 5.91 Å². The fraction of sp³-hybridized carbons (Fsp3) is 0.462. The lowest BCUT2D eigenvalue weighted by atomic mass is 9.94. The van der Waals surface area contributed by atoms with Crippen molar-refractivity contribution in [1.29, 1.82) is 0 Å². The molecule has 0 fully saturated rings. The van der Waals surface area contributed by atoms with Crippen LogP contribution in [0.4, 0.5) is 0 Å². The van der Waals surface area contributed by atoms with E-state index < -0.39 is 5.54 Å². The molecule has 0 heterocycles. The molecular weight excluding hydrogens is 271 g/mol. The first-order valence-corrected chi connectivity index (χ1v) is 6.59. The Balaban J connectivity index is 2.78. The molecule has 100 valence electrons. The Bertz CT molecular complexity index is 433. The van der Waals surface area contributed by atoms with Gasteiger partial charge >= 0.3 is 0 Å². The van der Waals surface area contributed by atoms with Crippen LogP contribution in [0.25, 0.3) is 0 Å². The van der Waals surface area contributed by atoms with Gasteiger partial charge in [-0.15, -0.1) is 0 Å². The SMILES string of the molecule is CC(C)(NC(=O)CCCN)c1ccc(Cl)c(Cl)c1. The quantitative estimate of drug-likeness (QED) is 0.875. The van der Waals surface area contributed by atoms with Gasteiger partial charge in [-0.3, -0.25) is 4.79 Å². The molecule has 0 saturated heterocycles. The van der Waals surface area contributed by atoms with Crippen LogP contribution in [0, 0.1) is 0 Å². The van der Waals surface area contributed by atoms with Crippen molar-refractivity contribution in [2.24, 2.45) is 5.73 Å². The van der Waals surface area contributed by atoms with E-state index in [1.165, 1.54) is 0 Å². The molecular formula is C13H18Cl2N2O. The van der Waals surface area contributed by atoms with E-state index in [4.69, 9.17) is 28.9 Å². The van der Waals surface area contributed by atoms with E-state index in [0.29, 0.717) is 29.4 Å². The number of nitrogens with one attached hydrogen (secondary N) is 1. The average molecular weight is 289 g/mol. The van der Waals surface area contributed by atoms with Gasteiger partial charge in [0, 0.05) is 6.42 Å². The van der Waals surface area contributed by atoms with Crippen LogP contribution in [0.3, 0.4) is 0 Å². The first-order valence-electron chi connectivity index (χ1n) is 5.83. The number of nitrogens with two attached hydrogens (primary N) is 1. The lowest BCUT2D eigenvalue weighted by molar-refractivity contribution is -0.122. The Labute approximate surface area is 118 Å². The first-order chi connectivity index (χ1) is 8.36. The van der Waals surface area contributed by atoms with Crippen molar-refractivity contribution >= 4 is 29.1 Å². The van der Waals surface area contributed by atoms with Crippen molar-refractivity contribution < 1.29 is 4.79 Å². The fourth-order valence-electron chi connectivity index (χ4n) is 1.63. The average Bonchev–Trinajstić information content (AvgIpc) is 2.29. The second kappa shape index (κ2) is 6.41. The third-order valence-corrected chi connectivity index (χ3v) is 3.44. The van der Waals surface area contributed by atoms with Crippen LogP contribution in [-0.4, -0.2) is 12.5 Å². The Morgan fingerprint density at radius 1 is 1.33 bits per heavy atom. The zero-order chi connectivity index (χ0) is 13.8. The summed E-state index contributed by atoms with van der Waals surface area (Å²) in [5.41, 5.74) is 5.80. The second-order valence-electron chi connectivity index (χ2n) is 4.69. The molecule has 1 rings (SSSR count). The minimum Gasteiger partial charge on any atom is -0.347 e. The zero-order valence-electron chi connectivity index (χ0n) is 10.6. The highest BCUT2D eigenvalue weighted by Gasteiger charge is 2.23. The molecule has 0 radical (unpaired) electrons. The van der Waals surface area contributed by atoms with Crippen LogP contribution in [0.5, 0.6) is 0 Å². The standard InChI is InChI=1S/C13H18Cl2N2O/c1-13(2,17-12(18)4-3-7-16)9-5-6-10(14)11(15)8-9/h5-6,8H,3-4,7,16H2,1-2H3,(H,17,18). The normalized spacial score (nSPS) is 11.4. The first kappa shape index (κ1) is 15.3. The van der Waals surface area contributed by atoms with Gasteiger partial charge in [0.25, 0.3) is 0 Å². The maximum atomic E-state index is 11.7. The number of amides is 1. The highest BCUT2D eigenvalue weighted by molar-refractivity contribution is 6.42.